The molecular formula is C15H22N2O. The van der Waals surface area contributed by atoms with Gasteiger partial charge in [0.05, 0.1) is 17.1 Å². The van der Waals surface area contributed by atoms with Crippen molar-refractivity contribution in [2.75, 3.05) is 0 Å². The van der Waals surface area contributed by atoms with E-state index in [1.807, 2.05) is 18.2 Å². The first-order valence-electron chi connectivity index (χ1n) is 6.68. The minimum atomic E-state index is -0.195. The predicted octanol–water partition coefficient (Wildman–Crippen LogP) is 2.91. The van der Waals surface area contributed by atoms with Crippen LogP contribution in [0.25, 0.3) is 11.0 Å². The fourth-order valence-corrected chi connectivity index (χ4v) is 2.22. The Morgan fingerprint density at radius 2 is 2.00 bits per heavy atom. The van der Waals surface area contributed by atoms with E-state index < -0.39 is 0 Å². The summed E-state index contributed by atoms with van der Waals surface area (Å²) in [6, 6.07) is 8.19. The van der Waals surface area contributed by atoms with Crippen LogP contribution in [0.3, 0.4) is 0 Å². The molecule has 3 nitrogen and oxygen atoms in total. The molecule has 18 heavy (non-hydrogen) atoms. The zero-order chi connectivity index (χ0) is 13.1. The molecule has 0 amide bonds. The van der Waals surface area contributed by atoms with Gasteiger partial charge in [-0.1, -0.05) is 26.0 Å². The van der Waals surface area contributed by atoms with Crippen LogP contribution < -0.4 is 0 Å². The molecule has 1 aromatic carbocycles. The largest absolute Gasteiger partial charge is 0.393 e. The van der Waals surface area contributed by atoms with E-state index in [-0.39, 0.29) is 6.10 Å². The Balaban J connectivity index is 2.02. The number of nitrogens with zero attached hydrogens (tertiary/aromatic N) is 2. The van der Waals surface area contributed by atoms with E-state index in [9.17, 15) is 5.11 Å². The van der Waals surface area contributed by atoms with E-state index >= 15 is 0 Å². The number of imidazole rings is 1. The number of hydrogen-bond acceptors (Lipinski definition) is 2. The highest BCUT2D eigenvalue weighted by Gasteiger charge is 2.11. The van der Waals surface area contributed by atoms with Crippen LogP contribution in [0.1, 0.15) is 32.5 Å². The predicted molar refractivity (Wildman–Crippen MR) is 74.5 cm³/mol. The normalized spacial score (nSPS) is 13.4. The maximum Gasteiger partial charge on any atom is 0.109 e. The van der Waals surface area contributed by atoms with Gasteiger partial charge < -0.3 is 9.67 Å². The van der Waals surface area contributed by atoms with Gasteiger partial charge in [-0.2, -0.15) is 0 Å². The Bertz CT molecular complexity index is 516. The van der Waals surface area contributed by atoms with E-state index in [4.69, 9.17) is 0 Å². The van der Waals surface area contributed by atoms with E-state index in [1.54, 1.807) is 0 Å². The Morgan fingerprint density at radius 3 is 2.67 bits per heavy atom. The lowest BCUT2D eigenvalue weighted by molar-refractivity contribution is 0.114. The Hall–Kier alpha value is -1.35. The van der Waals surface area contributed by atoms with E-state index in [0.717, 1.165) is 30.6 Å². The molecule has 0 saturated carbocycles. The van der Waals surface area contributed by atoms with Crippen molar-refractivity contribution in [3.8, 4) is 0 Å². The van der Waals surface area contributed by atoms with Crippen LogP contribution in [0.5, 0.6) is 0 Å². The summed E-state index contributed by atoms with van der Waals surface area (Å²) in [5.41, 5.74) is 2.23. The lowest BCUT2D eigenvalue weighted by atomic mass is 10.0. The van der Waals surface area contributed by atoms with Crippen molar-refractivity contribution in [3.05, 3.63) is 30.1 Å². The number of para-hydroxylation sites is 2. The lowest BCUT2D eigenvalue weighted by Crippen LogP contribution is -2.14. The highest BCUT2D eigenvalue weighted by Crippen LogP contribution is 2.17. The second-order valence-corrected chi connectivity index (χ2v) is 5.28. The van der Waals surface area contributed by atoms with Crippen molar-refractivity contribution in [2.45, 2.75) is 39.2 Å². The van der Waals surface area contributed by atoms with Crippen LogP contribution in [0.15, 0.2) is 24.3 Å². The smallest absolute Gasteiger partial charge is 0.109 e. The van der Waals surface area contributed by atoms with E-state index in [2.05, 4.69) is 36.5 Å². The number of benzene rings is 1. The third-order valence-corrected chi connectivity index (χ3v) is 3.55. The molecule has 2 rings (SSSR count). The summed E-state index contributed by atoms with van der Waals surface area (Å²) < 4.78 is 2.15. The molecule has 1 N–H and O–H groups in total. The highest BCUT2D eigenvalue weighted by atomic mass is 16.3. The molecule has 0 radical (unpaired) electrons. The van der Waals surface area contributed by atoms with Gasteiger partial charge in [0.1, 0.15) is 5.82 Å². The van der Waals surface area contributed by atoms with E-state index in [0.29, 0.717) is 5.92 Å². The SMILES string of the molecule is CC(C)C(O)CCCc1nc2ccccc2n1C. The quantitative estimate of drug-likeness (QED) is 0.881. The van der Waals surface area contributed by atoms with Gasteiger partial charge in [0, 0.05) is 13.5 Å². The minimum Gasteiger partial charge on any atom is -0.393 e. The van der Waals surface area contributed by atoms with Crippen LogP contribution in [-0.2, 0) is 13.5 Å². The van der Waals surface area contributed by atoms with Crippen molar-refractivity contribution in [1.82, 2.24) is 9.55 Å². The van der Waals surface area contributed by atoms with Crippen LogP contribution >= 0.6 is 0 Å². The molecule has 0 saturated heterocycles. The summed E-state index contributed by atoms with van der Waals surface area (Å²) >= 11 is 0. The van der Waals surface area contributed by atoms with E-state index in [1.165, 1.54) is 5.52 Å². The second kappa shape index (κ2) is 5.53. The number of aryl methyl sites for hydroxylation is 2. The molecular weight excluding hydrogens is 224 g/mol. The summed E-state index contributed by atoms with van der Waals surface area (Å²) in [5.74, 6) is 1.44. The van der Waals surface area contributed by atoms with Crippen LogP contribution in [0.2, 0.25) is 0 Å². The molecule has 98 valence electrons. The number of aliphatic hydroxyl groups excluding tert-OH is 1. The molecule has 0 spiro atoms. The van der Waals surface area contributed by atoms with Gasteiger partial charge in [-0.3, -0.25) is 0 Å². The lowest BCUT2D eigenvalue weighted by Gasteiger charge is -2.13. The summed E-state index contributed by atoms with van der Waals surface area (Å²) in [5, 5.41) is 9.79. The summed E-state index contributed by atoms with van der Waals surface area (Å²) in [6.45, 7) is 4.11. The van der Waals surface area contributed by atoms with Gasteiger partial charge >= 0.3 is 0 Å². The number of rotatable bonds is 5. The Morgan fingerprint density at radius 1 is 1.28 bits per heavy atom. The van der Waals surface area contributed by atoms with Crippen LogP contribution in [0, 0.1) is 5.92 Å². The summed E-state index contributed by atoms with van der Waals surface area (Å²) in [4.78, 5) is 4.64. The highest BCUT2D eigenvalue weighted by molar-refractivity contribution is 5.75. The number of aromatic nitrogens is 2. The molecule has 0 aliphatic rings. The first-order chi connectivity index (χ1) is 8.59. The zero-order valence-corrected chi connectivity index (χ0v) is 11.4. The molecule has 2 aromatic rings. The molecule has 0 aliphatic carbocycles. The molecule has 1 atom stereocenters. The standard InChI is InChI=1S/C15H22N2O/c1-11(2)14(18)9-6-10-15-16-12-7-4-5-8-13(12)17(15)3/h4-5,7-8,11,14,18H,6,9-10H2,1-3H3. The number of fused-ring (bicyclic) bond motifs is 1. The van der Waals surface area contributed by atoms with Crippen molar-refractivity contribution >= 4 is 11.0 Å². The monoisotopic (exact) mass is 246 g/mol. The third-order valence-electron chi connectivity index (χ3n) is 3.55. The average molecular weight is 246 g/mol. The van der Waals surface area contributed by atoms with Gasteiger partial charge in [-0.05, 0) is 30.9 Å². The van der Waals surface area contributed by atoms with Crippen LogP contribution in [-0.4, -0.2) is 20.8 Å². The first-order valence-corrected chi connectivity index (χ1v) is 6.68. The first kappa shape index (κ1) is 13.1. The van der Waals surface area contributed by atoms with Gasteiger partial charge in [0.15, 0.2) is 0 Å². The molecule has 0 bridgehead atoms. The number of aliphatic hydroxyl groups is 1. The molecule has 0 aliphatic heterocycles. The van der Waals surface area contributed by atoms with Crippen molar-refractivity contribution in [3.63, 3.8) is 0 Å². The van der Waals surface area contributed by atoms with Gasteiger partial charge in [-0.15, -0.1) is 0 Å². The molecule has 1 unspecified atom stereocenters. The molecule has 3 heteroatoms. The van der Waals surface area contributed by atoms with Gasteiger partial charge in [0.25, 0.3) is 0 Å². The average Bonchev–Trinajstić information content (AvgIpc) is 2.67. The Kier molecular flexibility index (Phi) is 4.02. The summed E-state index contributed by atoms with van der Waals surface area (Å²) in [6.07, 6.45) is 2.56. The Labute approximate surface area is 108 Å². The van der Waals surface area contributed by atoms with Crippen molar-refractivity contribution < 1.29 is 5.11 Å². The second-order valence-electron chi connectivity index (χ2n) is 5.28. The topological polar surface area (TPSA) is 38.1 Å². The van der Waals surface area contributed by atoms with Crippen molar-refractivity contribution in [1.29, 1.82) is 0 Å². The summed E-state index contributed by atoms with van der Waals surface area (Å²) in [7, 11) is 2.06. The fourth-order valence-electron chi connectivity index (χ4n) is 2.22. The van der Waals surface area contributed by atoms with Crippen LogP contribution in [0.4, 0.5) is 0 Å². The maximum atomic E-state index is 9.79. The van der Waals surface area contributed by atoms with Gasteiger partial charge in [-0.25, -0.2) is 4.98 Å². The number of hydrogen-bond donors (Lipinski definition) is 1. The molecule has 0 fully saturated rings. The van der Waals surface area contributed by atoms with Gasteiger partial charge in [0.2, 0.25) is 0 Å². The third kappa shape index (κ3) is 2.72. The fraction of sp³-hybridized carbons (Fsp3) is 0.533. The van der Waals surface area contributed by atoms with Crippen molar-refractivity contribution in [2.24, 2.45) is 13.0 Å². The zero-order valence-electron chi connectivity index (χ0n) is 11.4. The molecule has 1 heterocycles. The molecule has 1 aromatic heterocycles. The maximum absolute atomic E-state index is 9.79. The minimum absolute atomic E-state index is 0.195.